The highest BCUT2D eigenvalue weighted by atomic mass is 35.5. The third-order valence-electron chi connectivity index (χ3n) is 3.78. The van der Waals surface area contributed by atoms with E-state index >= 15 is 0 Å². The average molecular weight is 379 g/mol. The van der Waals surface area contributed by atoms with Gasteiger partial charge in [-0.15, -0.1) is 5.11 Å². The average Bonchev–Trinajstić information content (AvgIpc) is 3.03. The van der Waals surface area contributed by atoms with Crippen LogP contribution in [0.4, 0.5) is 23.1 Å². The molecule has 2 atom stereocenters. The number of hydrogen-bond donors (Lipinski definition) is 3. The predicted molar refractivity (Wildman–Crippen MR) is 98.8 cm³/mol. The van der Waals surface area contributed by atoms with Crippen LogP contribution in [0, 0.1) is 5.92 Å². The van der Waals surface area contributed by atoms with Gasteiger partial charge in [0.1, 0.15) is 0 Å². The Balaban J connectivity index is 1.90. The molecule has 1 aromatic heterocycles. The largest absolute Gasteiger partial charge is 0.396 e. The van der Waals surface area contributed by atoms with E-state index in [0.717, 1.165) is 6.42 Å². The quantitative estimate of drug-likeness (QED) is 0.411. The molecule has 0 amide bonds. The van der Waals surface area contributed by atoms with Crippen LogP contribution in [0.5, 0.6) is 0 Å². The van der Waals surface area contributed by atoms with E-state index < -0.39 is 0 Å². The number of nitrogens with zero attached hydrogens (tertiary/aromatic N) is 4. The highest BCUT2D eigenvalue weighted by molar-refractivity contribution is 6.32. The molecule has 2 aromatic rings. The number of azo groups is 1. The first-order chi connectivity index (χ1) is 12.1. The lowest BCUT2D eigenvalue weighted by Crippen LogP contribution is -2.27. The third-order valence-corrected chi connectivity index (χ3v) is 4.29. The van der Waals surface area contributed by atoms with Crippen molar-refractivity contribution in [2.45, 2.75) is 12.5 Å². The summed E-state index contributed by atoms with van der Waals surface area (Å²) in [5.41, 5.74) is 6.58. The van der Waals surface area contributed by atoms with Gasteiger partial charge in [-0.1, -0.05) is 35.4 Å². The minimum Gasteiger partial charge on any atom is -0.396 e. The van der Waals surface area contributed by atoms with Crippen LogP contribution in [0.2, 0.25) is 10.2 Å². The standard InChI is InChI=1S/C16H16Cl2N6O/c17-10-4-6-11(7-5-10)23-24-13-14(18)21-16(19)22-15(13)20-12-3-1-2-9(12)8-25/h1,3-7,9,12,25H,2,8H2,(H3,19,20,21,22)/t9-,12-/m0/s1. The fraction of sp³-hybridized carbons (Fsp3) is 0.250. The van der Waals surface area contributed by atoms with Gasteiger partial charge >= 0.3 is 0 Å². The molecule has 3 rings (SSSR count). The normalized spacial score (nSPS) is 19.6. The van der Waals surface area contributed by atoms with Crippen molar-refractivity contribution in [3.05, 3.63) is 46.6 Å². The lowest BCUT2D eigenvalue weighted by atomic mass is 10.0. The molecule has 4 N–H and O–H groups in total. The van der Waals surface area contributed by atoms with Crippen molar-refractivity contribution >= 4 is 46.3 Å². The van der Waals surface area contributed by atoms with Gasteiger partial charge in [-0.05, 0) is 30.7 Å². The summed E-state index contributed by atoms with van der Waals surface area (Å²) in [7, 11) is 0. The molecule has 0 fully saturated rings. The molecule has 0 radical (unpaired) electrons. The van der Waals surface area contributed by atoms with Gasteiger partial charge in [0.05, 0.1) is 11.7 Å². The number of halogens is 2. The van der Waals surface area contributed by atoms with Gasteiger partial charge in [0, 0.05) is 17.5 Å². The summed E-state index contributed by atoms with van der Waals surface area (Å²) >= 11 is 12.0. The molecule has 1 aromatic carbocycles. The molecule has 0 saturated carbocycles. The maximum atomic E-state index is 9.45. The number of benzene rings is 1. The summed E-state index contributed by atoms with van der Waals surface area (Å²) in [4.78, 5) is 8.10. The molecule has 130 valence electrons. The number of rotatable bonds is 5. The van der Waals surface area contributed by atoms with E-state index in [4.69, 9.17) is 28.9 Å². The van der Waals surface area contributed by atoms with E-state index in [2.05, 4.69) is 25.5 Å². The number of aliphatic hydroxyl groups excluding tert-OH is 1. The number of nitrogens with one attached hydrogen (secondary N) is 1. The number of nitrogens with two attached hydrogens (primary N) is 1. The van der Waals surface area contributed by atoms with Crippen molar-refractivity contribution in [2.75, 3.05) is 17.7 Å². The van der Waals surface area contributed by atoms with Gasteiger partial charge < -0.3 is 16.2 Å². The van der Waals surface area contributed by atoms with Crippen LogP contribution in [0.3, 0.4) is 0 Å². The summed E-state index contributed by atoms with van der Waals surface area (Å²) in [6.07, 6.45) is 4.75. The van der Waals surface area contributed by atoms with E-state index in [1.807, 2.05) is 12.2 Å². The van der Waals surface area contributed by atoms with Gasteiger partial charge in [-0.3, -0.25) is 0 Å². The molecular formula is C16H16Cl2N6O. The molecule has 1 aliphatic carbocycles. The summed E-state index contributed by atoms with van der Waals surface area (Å²) in [5, 5.41) is 21.6. The molecule has 0 unspecified atom stereocenters. The van der Waals surface area contributed by atoms with Crippen LogP contribution in [0.15, 0.2) is 46.6 Å². The second-order valence-corrected chi connectivity index (χ2v) is 6.32. The number of anilines is 2. The van der Waals surface area contributed by atoms with Crippen molar-refractivity contribution in [1.82, 2.24) is 9.97 Å². The Morgan fingerprint density at radius 3 is 2.68 bits per heavy atom. The highest BCUT2D eigenvalue weighted by Crippen LogP contribution is 2.34. The highest BCUT2D eigenvalue weighted by Gasteiger charge is 2.24. The zero-order chi connectivity index (χ0) is 17.8. The fourth-order valence-corrected chi connectivity index (χ4v) is 2.80. The molecule has 25 heavy (non-hydrogen) atoms. The Morgan fingerprint density at radius 1 is 1.20 bits per heavy atom. The molecule has 0 saturated heterocycles. The maximum Gasteiger partial charge on any atom is 0.223 e. The van der Waals surface area contributed by atoms with E-state index in [0.29, 0.717) is 16.5 Å². The van der Waals surface area contributed by atoms with Gasteiger partial charge in [0.2, 0.25) is 5.95 Å². The summed E-state index contributed by atoms with van der Waals surface area (Å²) < 4.78 is 0. The molecule has 1 aliphatic rings. The van der Waals surface area contributed by atoms with Gasteiger partial charge in [-0.2, -0.15) is 15.1 Å². The topological polar surface area (TPSA) is 109 Å². The van der Waals surface area contributed by atoms with Crippen LogP contribution in [0.1, 0.15) is 6.42 Å². The van der Waals surface area contributed by atoms with Gasteiger partial charge in [0.15, 0.2) is 16.7 Å². The second-order valence-electron chi connectivity index (χ2n) is 5.52. The van der Waals surface area contributed by atoms with Gasteiger partial charge in [0.25, 0.3) is 0 Å². The zero-order valence-electron chi connectivity index (χ0n) is 13.1. The summed E-state index contributed by atoms with van der Waals surface area (Å²) in [6, 6.07) is 6.79. The number of nitrogen functional groups attached to an aromatic ring is 1. The van der Waals surface area contributed by atoms with Crippen LogP contribution in [-0.2, 0) is 0 Å². The van der Waals surface area contributed by atoms with Crippen molar-refractivity contribution in [3.63, 3.8) is 0 Å². The number of allylic oxidation sites excluding steroid dienone is 1. The van der Waals surface area contributed by atoms with Crippen molar-refractivity contribution in [1.29, 1.82) is 0 Å². The van der Waals surface area contributed by atoms with Crippen LogP contribution in [0.25, 0.3) is 0 Å². The minimum absolute atomic E-state index is 0.0282. The second kappa shape index (κ2) is 7.77. The first-order valence-corrected chi connectivity index (χ1v) is 8.37. The van der Waals surface area contributed by atoms with Gasteiger partial charge in [-0.25, -0.2) is 0 Å². The molecule has 0 bridgehead atoms. The molecule has 1 heterocycles. The summed E-state index contributed by atoms with van der Waals surface area (Å²) in [5.74, 6) is 0.446. The first-order valence-electron chi connectivity index (χ1n) is 7.61. The third kappa shape index (κ3) is 4.25. The van der Waals surface area contributed by atoms with Crippen molar-refractivity contribution < 1.29 is 5.11 Å². The Morgan fingerprint density at radius 2 is 1.96 bits per heavy atom. The fourth-order valence-electron chi connectivity index (χ4n) is 2.46. The number of aromatic nitrogens is 2. The van der Waals surface area contributed by atoms with E-state index in [1.165, 1.54) is 0 Å². The Bertz CT molecular complexity index is 809. The summed E-state index contributed by atoms with van der Waals surface area (Å²) in [6.45, 7) is 0.0561. The van der Waals surface area contributed by atoms with E-state index in [1.54, 1.807) is 24.3 Å². The van der Waals surface area contributed by atoms with Crippen molar-refractivity contribution in [3.8, 4) is 0 Å². The lowest BCUT2D eigenvalue weighted by molar-refractivity contribution is 0.227. The van der Waals surface area contributed by atoms with Crippen LogP contribution < -0.4 is 11.1 Å². The molecule has 0 spiro atoms. The van der Waals surface area contributed by atoms with E-state index in [9.17, 15) is 5.11 Å². The zero-order valence-corrected chi connectivity index (χ0v) is 14.6. The molecule has 9 heteroatoms. The number of hydrogen-bond acceptors (Lipinski definition) is 7. The molecule has 7 nitrogen and oxygen atoms in total. The lowest BCUT2D eigenvalue weighted by Gasteiger charge is -2.20. The monoisotopic (exact) mass is 378 g/mol. The Kier molecular flexibility index (Phi) is 5.47. The predicted octanol–water partition coefficient (Wildman–Crippen LogP) is 4.13. The van der Waals surface area contributed by atoms with Crippen LogP contribution >= 0.6 is 23.2 Å². The molecule has 0 aliphatic heterocycles. The maximum absolute atomic E-state index is 9.45. The van der Waals surface area contributed by atoms with Crippen LogP contribution in [-0.4, -0.2) is 27.7 Å². The van der Waals surface area contributed by atoms with Crippen molar-refractivity contribution in [2.24, 2.45) is 16.1 Å². The minimum atomic E-state index is -0.0974. The Labute approximate surface area is 154 Å². The first kappa shape index (κ1) is 17.6. The molecular weight excluding hydrogens is 363 g/mol. The smallest absolute Gasteiger partial charge is 0.223 e. The number of aliphatic hydroxyl groups is 1. The SMILES string of the molecule is Nc1nc(Cl)c(N=Nc2ccc(Cl)cc2)c(N[C@H]2C=CC[C@H]2CO)n1. The van der Waals surface area contributed by atoms with E-state index in [-0.39, 0.29) is 35.4 Å². The Hall–Kier alpha value is -2.22.